The predicted molar refractivity (Wildman–Crippen MR) is 150 cm³/mol. The standard InChI is InChI=1S/C28H34N6O3S/c1-17(2)28(35)32-20-9-12-22(18(3)15-20)25-23(24-26(29)30-16-31-27(24)33(25)4)19-7-10-21(11-8-19)34(38(36)37)13-5-6-14-34/h7,9,12,15-16,21H,1,5-6,8,10-11,13-14H2,2-4H3,(H3-,29,30,31,32,35,36,37)/t21-/m1/s1. The minimum atomic E-state index is -2.14. The Kier molecular flexibility index (Phi) is 6.97. The largest absolute Gasteiger partial charge is 0.724 e. The molecule has 0 radical (unpaired) electrons. The van der Waals surface area contributed by atoms with Gasteiger partial charge >= 0.3 is 0 Å². The molecule has 2 aromatic heterocycles. The number of aryl methyl sites for hydroxylation is 2. The number of allylic oxidation sites excluding steroid dienone is 1. The Labute approximate surface area is 225 Å². The van der Waals surface area contributed by atoms with Crippen LogP contribution in [0.5, 0.6) is 0 Å². The minimum Gasteiger partial charge on any atom is -0.724 e. The SMILES string of the molecule is C=C(C)C(=O)Nc1ccc(-c2c(C3=CC[C@@H]([N+]4(S(=O)[O-])CCCC4)CC3)c3c(N)ncnc3n2C)c(C)c1. The number of rotatable bonds is 6. The average Bonchev–Trinajstić information content (AvgIpc) is 3.50. The molecule has 3 N–H and O–H groups in total. The van der Waals surface area contributed by atoms with Gasteiger partial charge < -0.3 is 20.2 Å². The highest BCUT2D eigenvalue weighted by molar-refractivity contribution is 7.73. The maximum Gasteiger partial charge on any atom is 0.250 e. The number of amides is 1. The third kappa shape index (κ3) is 4.36. The number of fused-ring (bicyclic) bond motifs is 1. The first kappa shape index (κ1) is 26.3. The Morgan fingerprint density at radius 2 is 2.03 bits per heavy atom. The van der Waals surface area contributed by atoms with E-state index in [2.05, 4.69) is 27.9 Å². The van der Waals surface area contributed by atoms with E-state index in [4.69, 9.17) is 5.73 Å². The van der Waals surface area contributed by atoms with Crippen LogP contribution in [0.3, 0.4) is 0 Å². The Morgan fingerprint density at radius 3 is 2.63 bits per heavy atom. The first-order valence-corrected chi connectivity index (χ1v) is 14.0. The number of nitrogens with zero attached hydrogens (tertiary/aromatic N) is 4. The van der Waals surface area contributed by atoms with Crippen LogP contribution in [0.15, 0.2) is 42.8 Å². The van der Waals surface area contributed by atoms with Crippen LogP contribution in [0.1, 0.15) is 50.2 Å². The van der Waals surface area contributed by atoms with Gasteiger partial charge in [0.1, 0.15) is 35.1 Å². The van der Waals surface area contributed by atoms with E-state index in [0.717, 1.165) is 64.7 Å². The monoisotopic (exact) mass is 534 g/mol. The molecule has 1 amide bonds. The first-order chi connectivity index (χ1) is 18.1. The number of anilines is 2. The quantitative estimate of drug-likeness (QED) is 0.275. The zero-order valence-corrected chi connectivity index (χ0v) is 22.9. The molecule has 0 spiro atoms. The fourth-order valence-electron chi connectivity index (χ4n) is 6.13. The van der Waals surface area contributed by atoms with Gasteiger partial charge in [0.15, 0.2) is 0 Å². The molecule has 2 aliphatic rings. The van der Waals surface area contributed by atoms with Crippen molar-refractivity contribution in [2.75, 3.05) is 24.1 Å². The van der Waals surface area contributed by atoms with Gasteiger partial charge in [-0.05, 0) is 43.5 Å². The number of nitrogens with one attached hydrogen (secondary N) is 1. The number of benzene rings is 1. The topological polar surface area (TPSA) is 126 Å². The second kappa shape index (κ2) is 10.1. The molecule has 0 saturated carbocycles. The molecular formula is C28H34N6O3S. The number of nitrogens with two attached hydrogens (primary N) is 1. The van der Waals surface area contributed by atoms with Crippen LogP contribution in [-0.4, -0.2) is 52.2 Å². The Balaban J connectivity index is 1.60. The molecule has 3 heterocycles. The summed E-state index contributed by atoms with van der Waals surface area (Å²) in [6.07, 6.45) is 7.79. The zero-order chi connectivity index (χ0) is 27.2. The van der Waals surface area contributed by atoms with E-state index in [0.29, 0.717) is 36.6 Å². The molecule has 1 aliphatic carbocycles. The normalized spacial score (nSPS) is 19.8. The highest BCUT2D eigenvalue weighted by Gasteiger charge is 2.42. The summed E-state index contributed by atoms with van der Waals surface area (Å²) < 4.78 is 26.8. The molecule has 3 aromatic rings. The van der Waals surface area contributed by atoms with Gasteiger partial charge in [-0.1, -0.05) is 18.7 Å². The highest BCUT2D eigenvalue weighted by Crippen LogP contribution is 2.44. The van der Waals surface area contributed by atoms with Gasteiger partial charge in [-0.2, -0.15) is 0 Å². The summed E-state index contributed by atoms with van der Waals surface area (Å²) in [7, 11) is 1.97. The van der Waals surface area contributed by atoms with Crippen LogP contribution >= 0.6 is 0 Å². The van der Waals surface area contributed by atoms with E-state index >= 15 is 0 Å². The van der Waals surface area contributed by atoms with Crippen LogP contribution < -0.4 is 11.1 Å². The van der Waals surface area contributed by atoms with Crippen molar-refractivity contribution in [3.8, 4) is 11.3 Å². The third-order valence-corrected chi connectivity index (χ3v) is 9.37. The summed E-state index contributed by atoms with van der Waals surface area (Å²) in [6.45, 7) is 8.78. The number of likely N-dealkylation sites (tertiary alicyclic amines) is 1. The van der Waals surface area contributed by atoms with Crippen molar-refractivity contribution in [1.82, 2.24) is 14.5 Å². The van der Waals surface area contributed by atoms with Gasteiger partial charge in [0.2, 0.25) is 0 Å². The van der Waals surface area contributed by atoms with Crippen LogP contribution in [0.2, 0.25) is 0 Å². The molecule has 200 valence electrons. The van der Waals surface area contributed by atoms with Gasteiger partial charge in [0.25, 0.3) is 5.91 Å². The highest BCUT2D eigenvalue weighted by atomic mass is 32.2. The van der Waals surface area contributed by atoms with Crippen molar-refractivity contribution in [3.05, 3.63) is 53.9 Å². The van der Waals surface area contributed by atoms with Crippen molar-refractivity contribution in [1.29, 1.82) is 0 Å². The predicted octanol–water partition coefficient (Wildman–Crippen LogP) is 4.38. The lowest BCUT2D eigenvalue weighted by atomic mass is 9.87. The number of carbonyl (C=O) groups excluding carboxylic acids is 1. The van der Waals surface area contributed by atoms with Crippen molar-refractivity contribution >= 4 is 45.3 Å². The zero-order valence-electron chi connectivity index (χ0n) is 22.1. The average molecular weight is 535 g/mol. The third-order valence-electron chi connectivity index (χ3n) is 8.11. The lowest BCUT2D eigenvalue weighted by molar-refractivity contribution is -0.821. The maximum absolute atomic E-state index is 12.3. The Hall–Kier alpha value is -3.34. The lowest BCUT2D eigenvalue weighted by Crippen LogP contribution is -2.54. The second-order valence-corrected chi connectivity index (χ2v) is 11.6. The molecule has 10 heteroatoms. The van der Waals surface area contributed by atoms with Gasteiger partial charge in [0.05, 0.1) is 24.2 Å². The van der Waals surface area contributed by atoms with Crippen LogP contribution in [0.4, 0.5) is 11.5 Å². The summed E-state index contributed by atoms with van der Waals surface area (Å²) >= 11 is -2.14. The van der Waals surface area contributed by atoms with E-state index in [9.17, 15) is 13.6 Å². The second-order valence-electron chi connectivity index (χ2n) is 10.5. The number of aromatic nitrogens is 3. The maximum atomic E-state index is 12.3. The number of nitrogen functional groups attached to an aromatic ring is 1. The van der Waals surface area contributed by atoms with Gasteiger partial charge in [-0.3, -0.25) is 4.79 Å². The van der Waals surface area contributed by atoms with Crippen LogP contribution in [0, 0.1) is 6.92 Å². The molecule has 38 heavy (non-hydrogen) atoms. The van der Waals surface area contributed by atoms with Crippen LogP contribution in [0.25, 0.3) is 27.9 Å². The molecule has 1 aliphatic heterocycles. The van der Waals surface area contributed by atoms with Crippen LogP contribution in [-0.2, 0) is 23.1 Å². The molecule has 1 saturated heterocycles. The fourth-order valence-corrected chi connectivity index (χ4v) is 7.12. The van der Waals surface area contributed by atoms with Gasteiger partial charge in [-0.25, -0.2) is 18.1 Å². The molecule has 1 aromatic carbocycles. The lowest BCUT2D eigenvalue weighted by Gasteiger charge is -2.42. The van der Waals surface area contributed by atoms with E-state index in [1.54, 1.807) is 6.92 Å². The number of hydrogen-bond donors (Lipinski definition) is 2. The van der Waals surface area contributed by atoms with Gasteiger partial charge in [0, 0.05) is 55.1 Å². The summed E-state index contributed by atoms with van der Waals surface area (Å²) in [4.78, 5) is 21.0. The summed E-state index contributed by atoms with van der Waals surface area (Å²) in [5.41, 5.74) is 13.4. The molecule has 0 bridgehead atoms. The van der Waals surface area contributed by atoms with E-state index in [-0.39, 0.29) is 15.8 Å². The minimum absolute atomic E-state index is 0.0598. The first-order valence-electron chi connectivity index (χ1n) is 13.0. The molecule has 2 atom stereocenters. The molecule has 1 fully saturated rings. The van der Waals surface area contributed by atoms with Crippen molar-refractivity contribution in [3.63, 3.8) is 0 Å². The van der Waals surface area contributed by atoms with Crippen molar-refractivity contribution in [2.45, 2.75) is 52.0 Å². The Morgan fingerprint density at radius 1 is 1.29 bits per heavy atom. The number of quaternary nitrogens is 1. The molecule has 9 nitrogen and oxygen atoms in total. The summed E-state index contributed by atoms with van der Waals surface area (Å²) in [5, 5.41) is 3.69. The summed E-state index contributed by atoms with van der Waals surface area (Å²) in [5.74, 6) is 0.200. The van der Waals surface area contributed by atoms with Gasteiger partial charge in [-0.15, -0.1) is 0 Å². The fraction of sp³-hybridized carbons (Fsp3) is 0.393. The van der Waals surface area contributed by atoms with E-state index in [1.807, 2.05) is 36.7 Å². The molecule has 5 rings (SSSR count). The van der Waals surface area contributed by atoms with Crippen molar-refractivity contribution < 1.29 is 17.4 Å². The van der Waals surface area contributed by atoms with E-state index < -0.39 is 11.3 Å². The smallest absolute Gasteiger partial charge is 0.250 e. The van der Waals surface area contributed by atoms with Crippen molar-refractivity contribution in [2.24, 2.45) is 7.05 Å². The number of hydrogen-bond acceptors (Lipinski definition) is 6. The summed E-state index contributed by atoms with van der Waals surface area (Å²) in [6, 6.07) is 5.89. The Bertz CT molecular complexity index is 1500. The molecule has 1 unspecified atom stereocenters. The number of carbonyl (C=O) groups is 1. The van der Waals surface area contributed by atoms with E-state index in [1.165, 1.54) is 6.33 Å². The molecular weight excluding hydrogens is 500 g/mol.